The van der Waals surface area contributed by atoms with Gasteiger partial charge in [-0.15, -0.1) is 11.3 Å². The van der Waals surface area contributed by atoms with Crippen molar-refractivity contribution in [3.8, 4) is 0 Å². The monoisotopic (exact) mass is 294 g/mol. The third kappa shape index (κ3) is 3.08. The van der Waals surface area contributed by atoms with E-state index in [-0.39, 0.29) is 12.4 Å². The Morgan fingerprint density at radius 2 is 2.00 bits per heavy atom. The molecule has 5 nitrogen and oxygen atoms in total. The van der Waals surface area contributed by atoms with E-state index in [2.05, 4.69) is 4.74 Å². The van der Waals surface area contributed by atoms with Crippen LogP contribution in [-0.4, -0.2) is 19.0 Å². The van der Waals surface area contributed by atoms with E-state index >= 15 is 0 Å². The van der Waals surface area contributed by atoms with Crippen LogP contribution in [0.4, 0.5) is 0 Å². The smallest absolute Gasteiger partial charge is 0.373 e. The number of rotatable bonds is 4. The van der Waals surface area contributed by atoms with Crippen molar-refractivity contribution in [1.29, 1.82) is 0 Å². The van der Waals surface area contributed by atoms with E-state index in [4.69, 9.17) is 9.15 Å². The molecule has 6 heteroatoms. The van der Waals surface area contributed by atoms with Crippen molar-refractivity contribution in [3.63, 3.8) is 0 Å². The average Bonchev–Trinajstić information content (AvgIpc) is 3.01. The zero-order chi connectivity index (χ0) is 14.7. The molecule has 0 aromatic carbocycles. The molecule has 2 heterocycles. The molecule has 2 rings (SSSR count). The number of methoxy groups -OCH3 is 1. The summed E-state index contributed by atoms with van der Waals surface area (Å²) in [6.07, 6.45) is 0. The van der Waals surface area contributed by atoms with Crippen LogP contribution in [0.25, 0.3) is 0 Å². The van der Waals surface area contributed by atoms with Gasteiger partial charge in [-0.1, -0.05) is 0 Å². The van der Waals surface area contributed by atoms with Gasteiger partial charge >= 0.3 is 11.9 Å². The Morgan fingerprint density at radius 1 is 1.25 bits per heavy atom. The molecule has 106 valence electrons. The molecule has 2 aromatic heterocycles. The highest BCUT2D eigenvalue weighted by molar-refractivity contribution is 7.12. The molecule has 0 aliphatic heterocycles. The van der Waals surface area contributed by atoms with E-state index in [1.165, 1.54) is 13.2 Å². The van der Waals surface area contributed by atoms with Gasteiger partial charge in [0.1, 0.15) is 12.4 Å². The summed E-state index contributed by atoms with van der Waals surface area (Å²) < 4.78 is 14.9. The number of furan rings is 1. The fourth-order valence-corrected chi connectivity index (χ4v) is 2.63. The standard InChI is InChI=1S/C14H14O5S/c1-8-6-11(9(2)20-8)13(15)18-7-10-4-5-12(19-10)14(16)17-3/h4-6H,7H2,1-3H3. The molecule has 20 heavy (non-hydrogen) atoms. The van der Waals surface area contributed by atoms with Crippen LogP contribution in [0, 0.1) is 13.8 Å². The van der Waals surface area contributed by atoms with Crippen molar-refractivity contribution in [3.05, 3.63) is 45.0 Å². The van der Waals surface area contributed by atoms with Gasteiger partial charge in [-0.3, -0.25) is 0 Å². The van der Waals surface area contributed by atoms with Crippen molar-refractivity contribution < 1.29 is 23.5 Å². The Hall–Kier alpha value is -2.08. The summed E-state index contributed by atoms with van der Waals surface area (Å²) >= 11 is 1.54. The lowest BCUT2D eigenvalue weighted by Crippen LogP contribution is -2.05. The summed E-state index contributed by atoms with van der Waals surface area (Å²) in [5, 5.41) is 0. The van der Waals surface area contributed by atoms with E-state index in [1.54, 1.807) is 23.5 Å². The zero-order valence-electron chi connectivity index (χ0n) is 11.4. The maximum absolute atomic E-state index is 11.9. The van der Waals surface area contributed by atoms with Crippen LogP contribution in [0.5, 0.6) is 0 Å². The van der Waals surface area contributed by atoms with Crippen LogP contribution in [0.2, 0.25) is 0 Å². The SMILES string of the molecule is COC(=O)c1ccc(COC(=O)c2cc(C)sc2C)o1. The van der Waals surface area contributed by atoms with Gasteiger partial charge in [0.2, 0.25) is 5.76 Å². The van der Waals surface area contributed by atoms with E-state index in [0.29, 0.717) is 11.3 Å². The number of thiophene rings is 1. The molecule has 0 spiro atoms. The molecule has 0 saturated heterocycles. The first-order chi connectivity index (χ1) is 9.51. The molecule has 2 aromatic rings. The maximum atomic E-state index is 11.9. The summed E-state index contributed by atoms with van der Waals surface area (Å²) in [5.41, 5.74) is 0.562. The molecule has 0 fully saturated rings. The lowest BCUT2D eigenvalue weighted by atomic mass is 10.2. The lowest BCUT2D eigenvalue weighted by Gasteiger charge is -2.02. The molecule has 0 atom stereocenters. The predicted octanol–water partition coefficient (Wildman–Crippen LogP) is 3.10. The van der Waals surface area contributed by atoms with Crippen LogP contribution >= 0.6 is 11.3 Å². The highest BCUT2D eigenvalue weighted by atomic mass is 32.1. The van der Waals surface area contributed by atoms with Crippen LogP contribution in [0.1, 0.15) is 36.4 Å². The third-order valence-corrected chi connectivity index (χ3v) is 3.62. The van der Waals surface area contributed by atoms with Gasteiger partial charge < -0.3 is 13.9 Å². The molecule has 0 N–H and O–H groups in total. The third-order valence-electron chi connectivity index (χ3n) is 2.65. The molecule has 0 amide bonds. The molecule has 0 radical (unpaired) electrons. The van der Waals surface area contributed by atoms with E-state index in [1.807, 2.05) is 13.8 Å². The summed E-state index contributed by atoms with van der Waals surface area (Å²) in [6.45, 7) is 3.78. The Bertz CT molecular complexity index is 638. The second kappa shape index (κ2) is 5.92. The quantitative estimate of drug-likeness (QED) is 0.811. The number of carbonyl (C=O) groups is 2. The minimum atomic E-state index is -0.563. The summed E-state index contributed by atoms with van der Waals surface area (Å²) in [7, 11) is 1.27. The number of aryl methyl sites for hydroxylation is 2. The first kappa shape index (κ1) is 14.3. The molecule has 0 aliphatic carbocycles. The average molecular weight is 294 g/mol. The van der Waals surface area contributed by atoms with Crippen LogP contribution in [0.3, 0.4) is 0 Å². The molecule has 0 unspecified atom stereocenters. The highest BCUT2D eigenvalue weighted by Crippen LogP contribution is 2.21. The second-order valence-electron chi connectivity index (χ2n) is 4.16. The van der Waals surface area contributed by atoms with Gasteiger partial charge in [0.25, 0.3) is 0 Å². The lowest BCUT2D eigenvalue weighted by molar-refractivity contribution is 0.0438. The van der Waals surface area contributed by atoms with Gasteiger partial charge in [-0.2, -0.15) is 0 Å². The number of hydrogen-bond donors (Lipinski definition) is 0. The van der Waals surface area contributed by atoms with Crippen molar-refractivity contribution in [2.45, 2.75) is 20.5 Å². The maximum Gasteiger partial charge on any atom is 0.373 e. The summed E-state index contributed by atoms with van der Waals surface area (Å²) in [5.74, 6) is -0.487. The number of ether oxygens (including phenoxy) is 2. The normalized spacial score (nSPS) is 10.3. The van der Waals surface area contributed by atoms with Gasteiger partial charge in [-0.25, -0.2) is 9.59 Å². The van der Waals surface area contributed by atoms with Crippen LogP contribution in [0.15, 0.2) is 22.6 Å². The van der Waals surface area contributed by atoms with Crippen molar-refractivity contribution >= 4 is 23.3 Å². The first-order valence-electron chi connectivity index (χ1n) is 5.92. The summed E-state index contributed by atoms with van der Waals surface area (Å²) in [6, 6.07) is 4.85. The Labute approximate surface area is 120 Å². The topological polar surface area (TPSA) is 65.7 Å². The van der Waals surface area contributed by atoms with Gasteiger partial charge in [0, 0.05) is 9.75 Å². The Kier molecular flexibility index (Phi) is 4.24. The Morgan fingerprint density at radius 3 is 2.60 bits per heavy atom. The molecule has 0 bridgehead atoms. The zero-order valence-corrected chi connectivity index (χ0v) is 12.2. The Balaban J connectivity index is 1.98. The highest BCUT2D eigenvalue weighted by Gasteiger charge is 2.15. The predicted molar refractivity (Wildman–Crippen MR) is 73.0 cm³/mol. The van der Waals surface area contributed by atoms with Gasteiger partial charge in [-0.05, 0) is 32.0 Å². The van der Waals surface area contributed by atoms with E-state index in [9.17, 15) is 9.59 Å². The van der Waals surface area contributed by atoms with Gasteiger partial charge in [0.15, 0.2) is 0 Å². The first-order valence-corrected chi connectivity index (χ1v) is 6.74. The fourth-order valence-electron chi connectivity index (χ4n) is 1.71. The van der Waals surface area contributed by atoms with Crippen LogP contribution in [-0.2, 0) is 16.1 Å². The van der Waals surface area contributed by atoms with Crippen molar-refractivity contribution in [1.82, 2.24) is 0 Å². The van der Waals surface area contributed by atoms with E-state index < -0.39 is 11.9 Å². The number of esters is 2. The molecular weight excluding hydrogens is 280 g/mol. The number of carbonyl (C=O) groups excluding carboxylic acids is 2. The minimum Gasteiger partial charge on any atom is -0.463 e. The van der Waals surface area contributed by atoms with E-state index in [0.717, 1.165) is 9.75 Å². The number of hydrogen-bond acceptors (Lipinski definition) is 6. The van der Waals surface area contributed by atoms with Crippen molar-refractivity contribution in [2.24, 2.45) is 0 Å². The molecule has 0 saturated carbocycles. The minimum absolute atomic E-state index is 0.0236. The molecule has 0 aliphatic rings. The van der Waals surface area contributed by atoms with Crippen LogP contribution < -0.4 is 0 Å². The fraction of sp³-hybridized carbons (Fsp3) is 0.286. The largest absolute Gasteiger partial charge is 0.463 e. The summed E-state index contributed by atoms with van der Waals surface area (Å²) in [4.78, 5) is 25.1. The van der Waals surface area contributed by atoms with Gasteiger partial charge in [0.05, 0.1) is 12.7 Å². The van der Waals surface area contributed by atoms with Crippen molar-refractivity contribution in [2.75, 3.05) is 7.11 Å². The molecular formula is C14H14O5S. The second-order valence-corrected chi connectivity index (χ2v) is 5.62.